The number of sulfone groups is 1. The highest BCUT2D eigenvalue weighted by Gasteiger charge is 2.55. The summed E-state index contributed by atoms with van der Waals surface area (Å²) in [5.41, 5.74) is 2.62. The third kappa shape index (κ3) is 3.02. The van der Waals surface area contributed by atoms with Crippen LogP contribution in [0.1, 0.15) is 51.8 Å². The predicted molar refractivity (Wildman–Crippen MR) is 117 cm³/mol. The lowest BCUT2D eigenvalue weighted by atomic mass is 9.92. The zero-order valence-corrected chi connectivity index (χ0v) is 18.9. The van der Waals surface area contributed by atoms with E-state index in [1.807, 2.05) is 35.8 Å². The van der Waals surface area contributed by atoms with E-state index in [1.165, 1.54) is 0 Å². The Balaban J connectivity index is 1.40. The molecule has 0 bridgehead atoms. The number of nitrogens with one attached hydrogen (secondary N) is 1. The number of imide groups is 1. The van der Waals surface area contributed by atoms with Crippen LogP contribution in [0, 0.1) is 13.8 Å². The second kappa shape index (κ2) is 7.03. The number of carbonyl (C=O) groups is 3. The van der Waals surface area contributed by atoms with Crippen molar-refractivity contribution in [3.05, 3.63) is 58.4 Å². The van der Waals surface area contributed by atoms with Gasteiger partial charge in [0.25, 0.3) is 5.91 Å². The van der Waals surface area contributed by atoms with E-state index in [9.17, 15) is 22.8 Å². The number of urea groups is 1. The molecule has 2 unspecified atom stereocenters. The van der Waals surface area contributed by atoms with Crippen molar-refractivity contribution in [1.29, 1.82) is 0 Å². The summed E-state index contributed by atoms with van der Waals surface area (Å²) in [5.74, 6) is -0.524. The van der Waals surface area contributed by atoms with Crippen molar-refractivity contribution in [2.24, 2.45) is 0 Å². The highest BCUT2D eigenvalue weighted by Crippen LogP contribution is 2.41. The molecule has 1 aromatic carbocycles. The summed E-state index contributed by atoms with van der Waals surface area (Å²) >= 11 is 0. The molecule has 168 valence electrons. The van der Waals surface area contributed by atoms with Gasteiger partial charge in [-0.05, 0) is 50.3 Å². The minimum Gasteiger partial charge on any atom is -0.344 e. The van der Waals surface area contributed by atoms with Crippen LogP contribution in [0.5, 0.6) is 0 Å². The number of amides is 3. The molecule has 32 heavy (non-hydrogen) atoms. The summed E-state index contributed by atoms with van der Waals surface area (Å²) in [7, 11) is -3.07. The monoisotopic (exact) mass is 455 g/mol. The fraction of sp³-hybridized carbons (Fsp3) is 0.435. The number of benzene rings is 1. The average Bonchev–Trinajstić information content (AvgIpc) is 3.44. The van der Waals surface area contributed by atoms with E-state index in [0.29, 0.717) is 30.5 Å². The third-order valence-corrected chi connectivity index (χ3v) is 8.83. The van der Waals surface area contributed by atoms with Gasteiger partial charge < -0.3 is 9.88 Å². The molecule has 3 heterocycles. The number of hydrogen-bond acceptors (Lipinski definition) is 5. The lowest BCUT2D eigenvalue weighted by Crippen LogP contribution is -2.42. The number of Topliss-reactive ketones (excluding diaryl/α,β-unsaturated/α-hetero) is 1. The van der Waals surface area contributed by atoms with Crippen molar-refractivity contribution in [1.82, 2.24) is 14.8 Å². The molecule has 2 aliphatic heterocycles. The number of fused-ring (bicyclic) bond motifs is 2. The van der Waals surface area contributed by atoms with Crippen LogP contribution in [0.25, 0.3) is 0 Å². The van der Waals surface area contributed by atoms with Crippen LogP contribution >= 0.6 is 0 Å². The summed E-state index contributed by atoms with van der Waals surface area (Å²) in [6.45, 7) is 3.28. The lowest BCUT2D eigenvalue weighted by molar-refractivity contribution is -0.131. The van der Waals surface area contributed by atoms with Gasteiger partial charge in [-0.3, -0.25) is 14.5 Å². The first kappa shape index (κ1) is 20.9. The number of nitrogens with zero attached hydrogens (tertiary/aromatic N) is 2. The topological polar surface area (TPSA) is 106 Å². The average molecular weight is 456 g/mol. The summed E-state index contributed by atoms with van der Waals surface area (Å²) in [6, 6.07) is 8.53. The lowest BCUT2D eigenvalue weighted by Gasteiger charge is -2.22. The standard InChI is InChI=1S/C23H25N3O5S/c1-14-11-18(15(2)26(14)17-8-10-32(30,31)13-17)20(27)12-25-21(28)23(24-22(25)29)9-7-16-5-3-4-6-19(16)23/h3-6,11,17H,7-10,12-13H2,1-2H3,(H,24,29). The molecule has 1 N–H and O–H groups in total. The van der Waals surface area contributed by atoms with Gasteiger partial charge in [0.2, 0.25) is 0 Å². The second-order valence-electron chi connectivity index (χ2n) is 9.02. The highest BCUT2D eigenvalue weighted by molar-refractivity contribution is 7.91. The van der Waals surface area contributed by atoms with Crippen molar-refractivity contribution in [2.75, 3.05) is 18.1 Å². The number of carbonyl (C=O) groups excluding carboxylic acids is 3. The highest BCUT2D eigenvalue weighted by atomic mass is 32.2. The van der Waals surface area contributed by atoms with Gasteiger partial charge in [0.15, 0.2) is 15.6 Å². The van der Waals surface area contributed by atoms with Crippen molar-refractivity contribution in [2.45, 2.75) is 44.7 Å². The van der Waals surface area contributed by atoms with Crippen LogP contribution in [-0.2, 0) is 26.6 Å². The third-order valence-electron chi connectivity index (χ3n) is 7.08. The zero-order chi connectivity index (χ0) is 22.8. The summed E-state index contributed by atoms with van der Waals surface area (Å²) in [5, 5.41) is 2.84. The first-order valence-electron chi connectivity index (χ1n) is 10.8. The molecule has 1 aliphatic carbocycles. The Morgan fingerprint density at radius 1 is 1.22 bits per heavy atom. The molecular weight excluding hydrogens is 430 g/mol. The summed E-state index contributed by atoms with van der Waals surface area (Å²) < 4.78 is 25.7. The normalized spacial score (nSPS) is 26.1. The Hall–Kier alpha value is -2.94. The van der Waals surface area contributed by atoms with Gasteiger partial charge in [0.1, 0.15) is 5.54 Å². The van der Waals surface area contributed by atoms with Crippen molar-refractivity contribution in [3.63, 3.8) is 0 Å². The molecule has 2 atom stereocenters. The van der Waals surface area contributed by atoms with E-state index < -0.39 is 27.3 Å². The molecule has 9 heteroatoms. The van der Waals surface area contributed by atoms with Crippen molar-refractivity contribution in [3.8, 4) is 0 Å². The minimum absolute atomic E-state index is 0.0614. The number of rotatable bonds is 4. The summed E-state index contributed by atoms with van der Waals surface area (Å²) in [6.07, 6.45) is 1.68. The summed E-state index contributed by atoms with van der Waals surface area (Å²) in [4.78, 5) is 40.2. The van der Waals surface area contributed by atoms with Crippen LogP contribution < -0.4 is 5.32 Å². The van der Waals surface area contributed by atoms with E-state index in [4.69, 9.17) is 0 Å². The minimum atomic E-state index is -3.07. The van der Waals surface area contributed by atoms with Gasteiger partial charge in [0, 0.05) is 23.0 Å². The van der Waals surface area contributed by atoms with Gasteiger partial charge in [-0.25, -0.2) is 13.2 Å². The van der Waals surface area contributed by atoms with Crippen LogP contribution in [-0.4, -0.2) is 53.7 Å². The fourth-order valence-corrected chi connectivity index (χ4v) is 7.26. The molecule has 1 spiro atoms. The maximum Gasteiger partial charge on any atom is 0.325 e. The van der Waals surface area contributed by atoms with Crippen molar-refractivity contribution >= 4 is 27.6 Å². The quantitative estimate of drug-likeness (QED) is 0.561. The molecule has 0 saturated carbocycles. The molecule has 5 rings (SSSR count). The Bertz CT molecular complexity index is 1280. The predicted octanol–water partition coefficient (Wildman–Crippen LogP) is 2.04. The number of ketones is 1. The molecule has 2 saturated heterocycles. The van der Waals surface area contributed by atoms with Crippen molar-refractivity contribution < 1.29 is 22.8 Å². The molecule has 1 aromatic heterocycles. The Labute approximate surface area is 186 Å². The maximum absolute atomic E-state index is 13.3. The number of hydrogen-bond donors (Lipinski definition) is 1. The molecule has 3 amide bonds. The molecule has 8 nitrogen and oxygen atoms in total. The second-order valence-corrected chi connectivity index (χ2v) is 11.2. The molecule has 3 aliphatic rings. The van der Waals surface area contributed by atoms with E-state index in [2.05, 4.69) is 5.32 Å². The Morgan fingerprint density at radius 2 is 1.97 bits per heavy atom. The van der Waals surface area contributed by atoms with Crippen LogP contribution in [0.2, 0.25) is 0 Å². The van der Waals surface area contributed by atoms with E-state index in [1.54, 1.807) is 13.0 Å². The first-order valence-corrected chi connectivity index (χ1v) is 12.6. The van der Waals surface area contributed by atoms with Gasteiger partial charge in [0.05, 0.1) is 18.1 Å². The SMILES string of the molecule is Cc1cc(C(=O)CN2C(=O)NC3(CCc4ccccc43)C2=O)c(C)n1C1CCS(=O)(=O)C1. The molecule has 2 aromatic rings. The molecule has 0 radical (unpaired) electrons. The van der Waals surface area contributed by atoms with E-state index in [-0.39, 0.29) is 29.9 Å². The first-order chi connectivity index (χ1) is 15.1. The zero-order valence-electron chi connectivity index (χ0n) is 18.1. The fourth-order valence-electron chi connectivity index (χ4n) is 5.56. The molecule has 2 fully saturated rings. The maximum atomic E-state index is 13.3. The van der Waals surface area contributed by atoms with Crippen LogP contribution in [0.15, 0.2) is 30.3 Å². The van der Waals surface area contributed by atoms with E-state index in [0.717, 1.165) is 21.7 Å². The number of aryl methyl sites for hydroxylation is 2. The largest absolute Gasteiger partial charge is 0.344 e. The van der Waals surface area contributed by atoms with Gasteiger partial charge in [-0.15, -0.1) is 0 Å². The van der Waals surface area contributed by atoms with Crippen LogP contribution in [0.4, 0.5) is 4.79 Å². The van der Waals surface area contributed by atoms with Gasteiger partial charge in [-0.1, -0.05) is 24.3 Å². The Kier molecular flexibility index (Phi) is 4.60. The smallest absolute Gasteiger partial charge is 0.325 e. The van der Waals surface area contributed by atoms with Crippen LogP contribution in [0.3, 0.4) is 0 Å². The number of aromatic nitrogens is 1. The van der Waals surface area contributed by atoms with Gasteiger partial charge >= 0.3 is 6.03 Å². The Morgan fingerprint density at radius 3 is 2.69 bits per heavy atom. The van der Waals surface area contributed by atoms with E-state index >= 15 is 0 Å². The molecular formula is C23H25N3O5S. The van der Waals surface area contributed by atoms with Gasteiger partial charge in [-0.2, -0.15) is 0 Å².